The van der Waals surface area contributed by atoms with Gasteiger partial charge in [0.1, 0.15) is 24.0 Å². The van der Waals surface area contributed by atoms with Gasteiger partial charge in [-0.2, -0.15) is 0 Å². The molecule has 1 aliphatic rings. The summed E-state index contributed by atoms with van der Waals surface area (Å²) in [6.07, 6.45) is 2.13. The van der Waals surface area contributed by atoms with Crippen molar-refractivity contribution in [1.29, 1.82) is 0 Å². The van der Waals surface area contributed by atoms with Gasteiger partial charge in [0.2, 0.25) is 0 Å². The van der Waals surface area contributed by atoms with Gasteiger partial charge in [-0.15, -0.1) is 0 Å². The van der Waals surface area contributed by atoms with Crippen LogP contribution in [0, 0.1) is 5.82 Å². The van der Waals surface area contributed by atoms with Gasteiger partial charge in [0, 0.05) is 24.8 Å². The Hall–Kier alpha value is -2.70. The van der Waals surface area contributed by atoms with E-state index < -0.39 is 0 Å². The predicted molar refractivity (Wildman–Crippen MR) is 101 cm³/mol. The first kappa shape index (κ1) is 17.7. The number of ether oxygens (including phenoxy) is 2. The number of hydrogen-bond donors (Lipinski definition) is 1. The van der Waals surface area contributed by atoms with Crippen LogP contribution in [0.5, 0.6) is 5.75 Å². The summed E-state index contributed by atoms with van der Waals surface area (Å²) in [4.78, 5) is 4.70. The lowest BCUT2D eigenvalue weighted by Gasteiger charge is -2.24. The number of para-hydroxylation sites is 1. The zero-order valence-corrected chi connectivity index (χ0v) is 15.2. The normalized spacial score (nSPS) is 16.1. The van der Waals surface area contributed by atoms with Gasteiger partial charge in [-0.05, 0) is 29.8 Å². The topological polar surface area (TPSA) is 48.3 Å². The van der Waals surface area contributed by atoms with Crippen molar-refractivity contribution in [3.63, 3.8) is 0 Å². The molecule has 0 bridgehead atoms. The van der Waals surface area contributed by atoms with E-state index in [2.05, 4.69) is 16.1 Å². The van der Waals surface area contributed by atoms with Gasteiger partial charge < -0.3 is 19.4 Å². The number of imidazole rings is 1. The molecule has 0 saturated heterocycles. The maximum Gasteiger partial charge on any atom is 0.135 e. The van der Waals surface area contributed by atoms with Crippen molar-refractivity contribution in [3.8, 4) is 17.0 Å². The molecule has 2 aromatic carbocycles. The van der Waals surface area contributed by atoms with Gasteiger partial charge in [-0.3, -0.25) is 0 Å². The Bertz CT molecular complexity index is 908. The molecule has 1 unspecified atom stereocenters. The lowest BCUT2D eigenvalue weighted by atomic mass is 10.1. The standard InChI is InChI=1S/C21H22FN3O2/c1-26-20-5-3-2-4-18(20)19-13-25-12-17(27-14-21(25)24-19)11-23-10-15-6-8-16(22)9-7-15/h2-9,13,17,23H,10-12,14H2,1H3. The molecule has 3 aromatic rings. The van der Waals surface area contributed by atoms with Gasteiger partial charge in [0.25, 0.3) is 0 Å². The first-order valence-corrected chi connectivity index (χ1v) is 8.99. The SMILES string of the molecule is COc1ccccc1-c1cn2c(n1)COC(CNCc1ccc(F)cc1)C2. The van der Waals surface area contributed by atoms with Gasteiger partial charge in [-0.25, -0.2) is 9.37 Å². The van der Waals surface area contributed by atoms with Crippen molar-refractivity contribution in [2.24, 2.45) is 0 Å². The molecule has 0 amide bonds. The summed E-state index contributed by atoms with van der Waals surface area (Å²) >= 11 is 0. The Labute approximate surface area is 157 Å². The van der Waals surface area contributed by atoms with Gasteiger partial charge in [0.15, 0.2) is 0 Å². The molecule has 5 nitrogen and oxygen atoms in total. The summed E-state index contributed by atoms with van der Waals surface area (Å²) in [6.45, 7) is 2.63. The Morgan fingerprint density at radius 1 is 1.22 bits per heavy atom. The van der Waals surface area contributed by atoms with Crippen molar-refractivity contribution in [1.82, 2.24) is 14.9 Å². The minimum Gasteiger partial charge on any atom is -0.496 e. The summed E-state index contributed by atoms with van der Waals surface area (Å²) in [5.41, 5.74) is 2.92. The quantitative estimate of drug-likeness (QED) is 0.726. The molecule has 0 aliphatic carbocycles. The van der Waals surface area contributed by atoms with Crippen molar-refractivity contribution in [2.75, 3.05) is 13.7 Å². The van der Waals surface area contributed by atoms with Gasteiger partial charge in [0.05, 0.1) is 25.5 Å². The van der Waals surface area contributed by atoms with Crippen molar-refractivity contribution >= 4 is 0 Å². The number of fused-ring (bicyclic) bond motifs is 1. The lowest BCUT2D eigenvalue weighted by Crippen LogP contribution is -2.35. The van der Waals surface area contributed by atoms with Crippen molar-refractivity contribution < 1.29 is 13.9 Å². The van der Waals surface area contributed by atoms with Crippen LogP contribution in [0.15, 0.2) is 54.7 Å². The Kier molecular flexibility index (Phi) is 5.18. The van der Waals surface area contributed by atoms with Crippen LogP contribution in [0.1, 0.15) is 11.4 Å². The monoisotopic (exact) mass is 367 g/mol. The van der Waals surface area contributed by atoms with Crippen LogP contribution in [-0.2, 0) is 24.4 Å². The fraction of sp³-hybridized carbons (Fsp3) is 0.286. The second-order valence-corrected chi connectivity index (χ2v) is 6.59. The fourth-order valence-electron chi connectivity index (χ4n) is 3.28. The van der Waals surface area contributed by atoms with E-state index in [9.17, 15) is 4.39 Å². The smallest absolute Gasteiger partial charge is 0.135 e. The van der Waals surface area contributed by atoms with E-state index in [1.807, 2.05) is 24.3 Å². The molecule has 1 aliphatic heterocycles. The van der Waals surface area contributed by atoms with Crippen molar-refractivity contribution in [2.45, 2.75) is 25.8 Å². The van der Waals surface area contributed by atoms with E-state index >= 15 is 0 Å². The van der Waals surface area contributed by atoms with Crippen LogP contribution in [0.2, 0.25) is 0 Å². The molecule has 0 saturated carbocycles. The Morgan fingerprint density at radius 2 is 2.04 bits per heavy atom. The summed E-state index contributed by atoms with van der Waals surface area (Å²) in [5.74, 6) is 1.52. The van der Waals surface area contributed by atoms with E-state index in [0.29, 0.717) is 13.2 Å². The molecule has 1 aromatic heterocycles. The molecule has 27 heavy (non-hydrogen) atoms. The van der Waals surface area contributed by atoms with Crippen molar-refractivity contribution in [3.05, 3.63) is 71.9 Å². The molecule has 0 fully saturated rings. The van der Waals surface area contributed by atoms with Gasteiger partial charge >= 0.3 is 0 Å². The number of methoxy groups -OCH3 is 1. The predicted octanol–water partition coefficient (Wildman–Crippen LogP) is 3.39. The summed E-state index contributed by atoms with van der Waals surface area (Å²) in [6, 6.07) is 14.4. The minimum atomic E-state index is -0.215. The minimum absolute atomic E-state index is 0.0673. The molecular weight excluding hydrogens is 345 g/mol. The molecule has 4 rings (SSSR count). The molecule has 0 spiro atoms. The maximum absolute atomic E-state index is 13.0. The van der Waals surface area contributed by atoms with E-state index in [1.54, 1.807) is 19.2 Å². The average Bonchev–Trinajstić information content (AvgIpc) is 3.12. The summed E-state index contributed by atoms with van der Waals surface area (Å²) < 4.78 is 26.5. The number of benzene rings is 2. The second-order valence-electron chi connectivity index (χ2n) is 6.59. The summed E-state index contributed by atoms with van der Waals surface area (Å²) in [5, 5.41) is 3.38. The van der Waals surface area contributed by atoms with Crippen LogP contribution in [0.25, 0.3) is 11.3 Å². The van der Waals surface area contributed by atoms with Crippen LogP contribution in [-0.4, -0.2) is 29.3 Å². The van der Waals surface area contributed by atoms with E-state index in [0.717, 1.165) is 41.5 Å². The molecule has 2 heterocycles. The van der Waals surface area contributed by atoms with E-state index in [-0.39, 0.29) is 11.9 Å². The number of nitrogens with one attached hydrogen (secondary N) is 1. The first-order chi connectivity index (χ1) is 13.2. The number of rotatable bonds is 6. The van der Waals surface area contributed by atoms with E-state index in [4.69, 9.17) is 14.5 Å². The Balaban J connectivity index is 1.38. The highest BCUT2D eigenvalue weighted by atomic mass is 19.1. The molecular formula is C21H22FN3O2. The Morgan fingerprint density at radius 3 is 2.85 bits per heavy atom. The summed E-state index contributed by atoms with van der Waals surface area (Å²) in [7, 11) is 1.67. The van der Waals surface area contributed by atoms with Crippen LogP contribution in [0.4, 0.5) is 4.39 Å². The van der Waals surface area contributed by atoms with Crippen LogP contribution >= 0.6 is 0 Å². The molecule has 6 heteroatoms. The third kappa shape index (κ3) is 4.02. The number of nitrogens with zero attached hydrogens (tertiary/aromatic N) is 2. The largest absolute Gasteiger partial charge is 0.496 e. The maximum atomic E-state index is 13.0. The molecule has 0 radical (unpaired) electrons. The first-order valence-electron chi connectivity index (χ1n) is 8.99. The van der Waals surface area contributed by atoms with E-state index in [1.165, 1.54) is 12.1 Å². The second kappa shape index (κ2) is 7.90. The zero-order chi connectivity index (χ0) is 18.6. The highest BCUT2D eigenvalue weighted by Crippen LogP contribution is 2.30. The van der Waals surface area contributed by atoms with Crippen LogP contribution < -0.4 is 10.1 Å². The third-order valence-corrected chi connectivity index (χ3v) is 4.70. The number of halogens is 1. The lowest BCUT2D eigenvalue weighted by molar-refractivity contribution is 0.00278. The molecule has 1 N–H and O–H groups in total. The molecule has 140 valence electrons. The fourth-order valence-corrected chi connectivity index (χ4v) is 3.28. The van der Waals surface area contributed by atoms with Gasteiger partial charge in [-0.1, -0.05) is 24.3 Å². The highest BCUT2D eigenvalue weighted by Gasteiger charge is 2.21. The number of aromatic nitrogens is 2. The third-order valence-electron chi connectivity index (χ3n) is 4.70. The zero-order valence-electron chi connectivity index (χ0n) is 15.2. The number of hydrogen-bond acceptors (Lipinski definition) is 4. The highest BCUT2D eigenvalue weighted by molar-refractivity contribution is 5.66. The van der Waals surface area contributed by atoms with Crippen LogP contribution in [0.3, 0.4) is 0 Å². The average molecular weight is 367 g/mol. The molecule has 1 atom stereocenters.